The summed E-state index contributed by atoms with van der Waals surface area (Å²) in [4.78, 5) is 3.95. The lowest BCUT2D eigenvalue weighted by atomic mass is 10.3. The van der Waals surface area contributed by atoms with Crippen LogP contribution in [0, 0.1) is 0 Å². The lowest BCUT2D eigenvalue weighted by Gasteiger charge is -2.07. The van der Waals surface area contributed by atoms with Crippen molar-refractivity contribution in [3.05, 3.63) is 53.8 Å². The van der Waals surface area contributed by atoms with Gasteiger partial charge in [0.05, 0.1) is 6.20 Å². The van der Waals surface area contributed by atoms with Gasteiger partial charge in [0.25, 0.3) is 0 Å². The molecule has 0 aliphatic rings. The van der Waals surface area contributed by atoms with Crippen LogP contribution in [0.5, 0.6) is 11.5 Å². The van der Waals surface area contributed by atoms with Gasteiger partial charge in [-0.3, -0.25) is 4.98 Å². The maximum atomic E-state index is 5.83. The van der Waals surface area contributed by atoms with Gasteiger partial charge in [0.15, 0.2) is 0 Å². The number of hydrogen-bond acceptors (Lipinski definition) is 3. The number of rotatable bonds is 5. The molecule has 0 saturated carbocycles. The van der Waals surface area contributed by atoms with Crippen molar-refractivity contribution in [2.24, 2.45) is 0 Å². The first kappa shape index (κ1) is 11.7. The van der Waals surface area contributed by atoms with Crippen LogP contribution in [-0.2, 0) is 0 Å². The van der Waals surface area contributed by atoms with E-state index in [0.29, 0.717) is 18.2 Å². The summed E-state index contributed by atoms with van der Waals surface area (Å²) in [5.74, 6) is 1.48. The second-order valence-corrected chi connectivity index (χ2v) is 3.78. The van der Waals surface area contributed by atoms with E-state index in [9.17, 15) is 0 Å². The quantitative estimate of drug-likeness (QED) is 0.763. The van der Waals surface area contributed by atoms with Gasteiger partial charge in [0.2, 0.25) is 0 Å². The second-order valence-electron chi connectivity index (χ2n) is 3.34. The summed E-state index contributed by atoms with van der Waals surface area (Å²) in [7, 11) is 0. The molecule has 0 N–H and O–H groups in total. The van der Waals surface area contributed by atoms with E-state index >= 15 is 0 Å². The highest BCUT2D eigenvalue weighted by atomic mass is 35.5. The van der Waals surface area contributed by atoms with Gasteiger partial charge >= 0.3 is 0 Å². The number of aromatic nitrogens is 1. The minimum Gasteiger partial charge on any atom is -0.490 e. The lowest BCUT2D eigenvalue weighted by molar-refractivity contribution is 0.216. The van der Waals surface area contributed by atoms with Crippen LogP contribution in [0.4, 0.5) is 0 Å². The van der Waals surface area contributed by atoms with Gasteiger partial charge in [-0.05, 0) is 30.3 Å². The van der Waals surface area contributed by atoms with Crippen molar-refractivity contribution in [2.45, 2.75) is 0 Å². The molecule has 0 unspecified atom stereocenters. The van der Waals surface area contributed by atoms with E-state index in [-0.39, 0.29) is 0 Å². The molecule has 3 nitrogen and oxygen atoms in total. The maximum absolute atomic E-state index is 5.83. The molecule has 0 spiro atoms. The average Bonchev–Trinajstić information content (AvgIpc) is 2.36. The zero-order valence-electron chi connectivity index (χ0n) is 9.17. The molecule has 0 fully saturated rings. The van der Waals surface area contributed by atoms with Crippen molar-refractivity contribution >= 4 is 11.6 Å². The minimum absolute atomic E-state index is 0.467. The van der Waals surface area contributed by atoms with Crippen LogP contribution in [0.3, 0.4) is 0 Å². The SMILES string of the molecule is Clc1cccc(OCCOc2cccnc2)c1. The first-order chi connectivity index (χ1) is 8.34. The number of nitrogens with zero attached hydrogens (tertiary/aromatic N) is 1. The fourth-order valence-electron chi connectivity index (χ4n) is 1.31. The van der Waals surface area contributed by atoms with E-state index in [1.165, 1.54) is 0 Å². The summed E-state index contributed by atoms with van der Waals surface area (Å²) in [5, 5.41) is 0.663. The molecular formula is C13H12ClNO2. The summed E-state index contributed by atoms with van der Waals surface area (Å²) in [6.07, 6.45) is 3.37. The van der Waals surface area contributed by atoms with Crippen LogP contribution in [-0.4, -0.2) is 18.2 Å². The Morgan fingerprint density at radius 2 is 1.76 bits per heavy atom. The third-order valence-electron chi connectivity index (χ3n) is 2.05. The van der Waals surface area contributed by atoms with Gasteiger partial charge in [-0.1, -0.05) is 17.7 Å². The topological polar surface area (TPSA) is 31.4 Å². The van der Waals surface area contributed by atoms with Crippen LogP contribution in [0.15, 0.2) is 48.8 Å². The monoisotopic (exact) mass is 249 g/mol. The molecule has 1 aromatic carbocycles. The summed E-state index contributed by atoms with van der Waals surface area (Å²) in [5.41, 5.74) is 0. The largest absolute Gasteiger partial charge is 0.490 e. The Kier molecular flexibility index (Phi) is 4.22. The van der Waals surface area contributed by atoms with E-state index in [4.69, 9.17) is 21.1 Å². The fraction of sp³-hybridized carbons (Fsp3) is 0.154. The molecule has 2 rings (SSSR count). The van der Waals surface area contributed by atoms with Crippen molar-refractivity contribution in [3.8, 4) is 11.5 Å². The Morgan fingerprint density at radius 3 is 2.47 bits per heavy atom. The Morgan fingerprint density at radius 1 is 1.00 bits per heavy atom. The first-order valence-corrected chi connectivity index (χ1v) is 5.63. The number of pyridine rings is 1. The zero-order valence-corrected chi connectivity index (χ0v) is 9.93. The maximum Gasteiger partial charge on any atom is 0.137 e. The van der Waals surface area contributed by atoms with Gasteiger partial charge < -0.3 is 9.47 Å². The molecule has 2 aromatic rings. The Hall–Kier alpha value is -1.74. The third-order valence-corrected chi connectivity index (χ3v) is 2.29. The summed E-state index contributed by atoms with van der Waals surface area (Å²) in [6.45, 7) is 0.938. The molecule has 0 saturated heterocycles. The van der Waals surface area contributed by atoms with Crippen molar-refractivity contribution in [2.75, 3.05) is 13.2 Å². The van der Waals surface area contributed by atoms with E-state index in [1.54, 1.807) is 24.5 Å². The summed E-state index contributed by atoms with van der Waals surface area (Å²) >= 11 is 5.83. The first-order valence-electron chi connectivity index (χ1n) is 5.26. The Bertz CT molecular complexity index is 462. The van der Waals surface area contributed by atoms with Gasteiger partial charge in [0.1, 0.15) is 24.7 Å². The molecule has 0 bridgehead atoms. The fourth-order valence-corrected chi connectivity index (χ4v) is 1.49. The number of hydrogen-bond donors (Lipinski definition) is 0. The van der Waals surface area contributed by atoms with E-state index in [2.05, 4.69) is 4.98 Å². The van der Waals surface area contributed by atoms with Crippen LogP contribution in [0.2, 0.25) is 5.02 Å². The van der Waals surface area contributed by atoms with Crippen LogP contribution < -0.4 is 9.47 Å². The van der Waals surface area contributed by atoms with Crippen molar-refractivity contribution < 1.29 is 9.47 Å². The molecule has 0 radical (unpaired) electrons. The zero-order chi connectivity index (χ0) is 11.9. The number of halogens is 1. The van der Waals surface area contributed by atoms with Gasteiger partial charge in [-0.2, -0.15) is 0 Å². The molecule has 88 valence electrons. The predicted octanol–water partition coefficient (Wildman–Crippen LogP) is 3.19. The average molecular weight is 250 g/mol. The summed E-state index contributed by atoms with van der Waals surface area (Å²) < 4.78 is 10.9. The van der Waals surface area contributed by atoms with Gasteiger partial charge in [-0.25, -0.2) is 0 Å². The van der Waals surface area contributed by atoms with Gasteiger partial charge in [0, 0.05) is 11.2 Å². The molecule has 0 atom stereocenters. The molecule has 4 heteroatoms. The normalized spacial score (nSPS) is 9.94. The van der Waals surface area contributed by atoms with Crippen LogP contribution >= 0.6 is 11.6 Å². The van der Waals surface area contributed by atoms with E-state index < -0.39 is 0 Å². The third kappa shape index (κ3) is 3.96. The van der Waals surface area contributed by atoms with Gasteiger partial charge in [-0.15, -0.1) is 0 Å². The van der Waals surface area contributed by atoms with E-state index in [1.807, 2.05) is 24.3 Å². The molecule has 17 heavy (non-hydrogen) atoms. The van der Waals surface area contributed by atoms with Crippen LogP contribution in [0.1, 0.15) is 0 Å². The molecule has 1 heterocycles. The van der Waals surface area contributed by atoms with Crippen molar-refractivity contribution in [1.82, 2.24) is 4.98 Å². The van der Waals surface area contributed by atoms with Crippen LogP contribution in [0.25, 0.3) is 0 Å². The molecule has 1 aromatic heterocycles. The number of ether oxygens (including phenoxy) is 2. The van der Waals surface area contributed by atoms with Crippen molar-refractivity contribution in [1.29, 1.82) is 0 Å². The highest BCUT2D eigenvalue weighted by Crippen LogP contribution is 2.16. The second kappa shape index (κ2) is 6.11. The predicted molar refractivity (Wildman–Crippen MR) is 66.7 cm³/mol. The molecule has 0 amide bonds. The Labute approximate surface area is 105 Å². The Balaban J connectivity index is 1.73. The summed E-state index contributed by atoms with van der Waals surface area (Å²) in [6, 6.07) is 11.0. The minimum atomic E-state index is 0.467. The molecular weight excluding hydrogens is 238 g/mol. The van der Waals surface area contributed by atoms with E-state index in [0.717, 1.165) is 11.5 Å². The lowest BCUT2D eigenvalue weighted by Crippen LogP contribution is -2.08. The highest BCUT2D eigenvalue weighted by Gasteiger charge is 1.96. The highest BCUT2D eigenvalue weighted by molar-refractivity contribution is 6.30. The smallest absolute Gasteiger partial charge is 0.137 e. The molecule has 0 aliphatic carbocycles. The standard InChI is InChI=1S/C13H12ClNO2/c14-11-3-1-4-12(9-11)16-7-8-17-13-5-2-6-15-10-13/h1-6,9-10H,7-8H2. The van der Waals surface area contributed by atoms with Crippen molar-refractivity contribution in [3.63, 3.8) is 0 Å². The molecule has 0 aliphatic heterocycles. The number of benzene rings is 1.